The predicted octanol–water partition coefficient (Wildman–Crippen LogP) is 2.98. The number of pyridine rings is 1. The van der Waals surface area contributed by atoms with Crippen LogP contribution in [-0.4, -0.2) is 38.2 Å². The number of nitrogen functional groups attached to an aromatic ring is 1. The van der Waals surface area contributed by atoms with Crippen molar-refractivity contribution in [2.24, 2.45) is 0 Å². The molecule has 5 rings (SSSR count). The Morgan fingerprint density at radius 1 is 1.25 bits per heavy atom. The zero-order valence-electron chi connectivity index (χ0n) is 15.3. The van der Waals surface area contributed by atoms with Gasteiger partial charge in [-0.1, -0.05) is 6.07 Å². The lowest BCUT2D eigenvalue weighted by Crippen LogP contribution is -2.29. The van der Waals surface area contributed by atoms with Crippen molar-refractivity contribution in [2.75, 3.05) is 24.3 Å². The van der Waals surface area contributed by atoms with Gasteiger partial charge < -0.3 is 15.4 Å². The van der Waals surface area contributed by atoms with Crippen molar-refractivity contribution in [3.05, 3.63) is 46.5 Å². The number of ether oxygens (including phenoxy) is 1. The van der Waals surface area contributed by atoms with Crippen molar-refractivity contribution in [1.82, 2.24) is 24.6 Å². The van der Waals surface area contributed by atoms with Gasteiger partial charge in [0.15, 0.2) is 11.5 Å². The van der Waals surface area contributed by atoms with E-state index in [1.807, 2.05) is 30.6 Å². The lowest BCUT2D eigenvalue weighted by Gasteiger charge is -2.30. The van der Waals surface area contributed by atoms with E-state index in [1.54, 1.807) is 11.6 Å². The summed E-state index contributed by atoms with van der Waals surface area (Å²) in [5.41, 5.74) is 9.92. The van der Waals surface area contributed by atoms with Crippen molar-refractivity contribution in [2.45, 2.75) is 19.4 Å². The van der Waals surface area contributed by atoms with Crippen molar-refractivity contribution in [3.63, 3.8) is 0 Å². The molecule has 0 atom stereocenters. The number of nitrogens with two attached hydrogens (primary N) is 1. The summed E-state index contributed by atoms with van der Waals surface area (Å²) in [7, 11) is 1.62. The molecule has 1 aliphatic heterocycles. The molecule has 0 radical (unpaired) electrons. The van der Waals surface area contributed by atoms with E-state index in [1.165, 1.54) is 5.56 Å². The lowest BCUT2D eigenvalue weighted by molar-refractivity contribution is 0.419. The molecule has 2 N–H and O–H groups in total. The van der Waals surface area contributed by atoms with Crippen LogP contribution in [0, 0.1) is 0 Å². The second-order valence-corrected chi connectivity index (χ2v) is 7.59. The number of rotatable bonds is 3. The SMILES string of the molecule is COc1cccc2c1nc(N)n1nc(CN3CCCc4c(Br)cncc43)nc21. The molecule has 1 aromatic carbocycles. The van der Waals surface area contributed by atoms with Gasteiger partial charge in [0.25, 0.3) is 0 Å². The highest BCUT2D eigenvalue weighted by Crippen LogP contribution is 2.33. The number of hydrogen-bond acceptors (Lipinski definition) is 7. The van der Waals surface area contributed by atoms with E-state index in [2.05, 4.69) is 35.9 Å². The average Bonchev–Trinajstić information content (AvgIpc) is 3.13. The van der Waals surface area contributed by atoms with Gasteiger partial charge in [-0.25, -0.2) is 9.97 Å². The first-order chi connectivity index (χ1) is 13.7. The highest BCUT2D eigenvalue weighted by atomic mass is 79.9. The summed E-state index contributed by atoms with van der Waals surface area (Å²) in [6, 6.07) is 5.73. The zero-order valence-corrected chi connectivity index (χ0v) is 16.8. The Morgan fingerprint density at radius 2 is 2.14 bits per heavy atom. The zero-order chi connectivity index (χ0) is 19.3. The molecule has 0 amide bonds. The normalized spacial score (nSPS) is 13.9. The van der Waals surface area contributed by atoms with Crippen molar-refractivity contribution in [1.29, 1.82) is 0 Å². The van der Waals surface area contributed by atoms with Crippen LogP contribution >= 0.6 is 15.9 Å². The number of methoxy groups -OCH3 is 1. The Bertz CT molecular complexity index is 1210. The van der Waals surface area contributed by atoms with E-state index in [9.17, 15) is 0 Å². The third kappa shape index (κ3) is 2.65. The number of aromatic nitrogens is 5. The van der Waals surface area contributed by atoms with E-state index in [0.29, 0.717) is 29.3 Å². The molecule has 9 heteroatoms. The number of nitrogens with zero attached hydrogens (tertiary/aromatic N) is 6. The van der Waals surface area contributed by atoms with Crippen molar-refractivity contribution in [3.8, 4) is 5.75 Å². The monoisotopic (exact) mass is 439 g/mol. The molecule has 0 saturated carbocycles. The van der Waals surface area contributed by atoms with Crippen LogP contribution in [0.4, 0.5) is 11.6 Å². The largest absolute Gasteiger partial charge is 0.494 e. The first kappa shape index (κ1) is 17.2. The molecule has 0 aliphatic carbocycles. The Labute approximate surface area is 169 Å². The molecule has 0 spiro atoms. The van der Waals surface area contributed by atoms with E-state index < -0.39 is 0 Å². The number of anilines is 2. The molecular weight excluding hydrogens is 422 g/mol. The highest BCUT2D eigenvalue weighted by Gasteiger charge is 2.22. The minimum Gasteiger partial charge on any atom is -0.494 e. The van der Waals surface area contributed by atoms with Gasteiger partial charge in [0.1, 0.15) is 11.3 Å². The molecule has 0 fully saturated rings. The molecule has 0 unspecified atom stereocenters. The van der Waals surface area contributed by atoms with Gasteiger partial charge in [0.2, 0.25) is 5.95 Å². The van der Waals surface area contributed by atoms with Crippen LogP contribution < -0.4 is 15.4 Å². The maximum absolute atomic E-state index is 6.15. The van der Waals surface area contributed by atoms with Gasteiger partial charge in [-0.2, -0.15) is 4.52 Å². The molecule has 4 heterocycles. The summed E-state index contributed by atoms with van der Waals surface area (Å²) >= 11 is 3.61. The number of fused-ring (bicyclic) bond motifs is 4. The van der Waals surface area contributed by atoms with E-state index in [-0.39, 0.29) is 5.95 Å². The van der Waals surface area contributed by atoms with E-state index >= 15 is 0 Å². The minimum absolute atomic E-state index is 0.286. The fourth-order valence-electron chi connectivity index (χ4n) is 3.77. The number of halogens is 1. The van der Waals surface area contributed by atoms with Gasteiger partial charge in [-0.05, 0) is 46.5 Å². The molecule has 3 aromatic heterocycles. The number of para-hydroxylation sites is 1. The average molecular weight is 440 g/mol. The third-order valence-electron chi connectivity index (χ3n) is 5.06. The molecule has 0 saturated heterocycles. The summed E-state index contributed by atoms with van der Waals surface area (Å²) in [5, 5.41) is 5.47. The van der Waals surface area contributed by atoms with Gasteiger partial charge in [-0.15, -0.1) is 5.10 Å². The van der Waals surface area contributed by atoms with Gasteiger partial charge in [0.05, 0.1) is 25.5 Å². The topological polar surface area (TPSA) is 94.5 Å². The fourth-order valence-corrected chi connectivity index (χ4v) is 4.29. The van der Waals surface area contributed by atoms with Gasteiger partial charge in [-0.3, -0.25) is 4.98 Å². The third-order valence-corrected chi connectivity index (χ3v) is 5.75. The maximum Gasteiger partial charge on any atom is 0.223 e. The number of hydrogen-bond donors (Lipinski definition) is 1. The van der Waals surface area contributed by atoms with Crippen LogP contribution in [0.3, 0.4) is 0 Å². The first-order valence-electron chi connectivity index (χ1n) is 9.01. The Balaban J connectivity index is 1.59. The van der Waals surface area contributed by atoms with Crippen molar-refractivity contribution < 1.29 is 4.74 Å². The maximum atomic E-state index is 6.15. The molecule has 8 nitrogen and oxygen atoms in total. The van der Waals surface area contributed by atoms with Gasteiger partial charge >= 0.3 is 0 Å². The van der Waals surface area contributed by atoms with E-state index in [4.69, 9.17) is 15.5 Å². The van der Waals surface area contributed by atoms with Crippen LogP contribution in [0.15, 0.2) is 35.1 Å². The smallest absolute Gasteiger partial charge is 0.223 e. The highest BCUT2D eigenvalue weighted by molar-refractivity contribution is 9.10. The molecule has 1 aliphatic rings. The Hall–Kier alpha value is -2.94. The number of benzene rings is 1. The van der Waals surface area contributed by atoms with Crippen LogP contribution in [0.1, 0.15) is 17.8 Å². The summed E-state index contributed by atoms with van der Waals surface area (Å²) in [6.45, 7) is 1.51. The fraction of sp³-hybridized carbons (Fsp3) is 0.263. The quantitative estimate of drug-likeness (QED) is 0.524. The van der Waals surface area contributed by atoms with Crippen LogP contribution in [0.2, 0.25) is 0 Å². The van der Waals surface area contributed by atoms with E-state index in [0.717, 1.165) is 34.9 Å². The molecule has 0 bridgehead atoms. The van der Waals surface area contributed by atoms with Crippen molar-refractivity contribution >= 4 is 44.1 Å². The Kier molecular flexibility index (Phi) is 4.04. The van der Waals surface area contributed by atoms with Crippen LogP contribution in [-0.2, 0) is 13.0 Å². The minimum atomic E-state index is 0.286. The summed E-state index contributed by atoms with van der Waals surface area (Å²) in [5.74, 6) is 1.64. The van der Waals surface area contributed by atoms with Crippen LogP contribution in [0.25, 0.3) is 16.6 Å². The Morgan fingerprint density at radius 3 is 3.00 bits per heavy atom. The van der Waals surface area contributed by atoms with Crippen LogP contribution in [0.5, 0.6) is 5.75 Å². The molecule has 28 heavy (non-hydrogen) atoms. The second kappa shape index (κ2) is 6.59. The molecule has 4 aromatic rings. The molecular formula is C19H18BrN7O. The standard InChI is InChI=1S/C19H18BrN7O/c1-28-15-6-2-4-12-17(15)24-19(21)27-18(12)23-16(25-27)10-26-7-3-5-11-13(20)8-22-9-14(11)26/h2,4,6,8-9H,3,5,7,10H2,1H3,(H2,21,24). The second-order valence-electron chi connectivity index (χ2n) is 6.73. The summed E-state index contributed by atoms with van der Waals surface area (Å²) in [6.07, 6.45) is 5.87. The molecule has 142 valence electrons. The summed E-state index contributed by atoms with van der Waals surface area (Å²) in [4.78, 5) is 15.8. The summed E-state index contributed by atoms with van der Waals surface area (Å²) < 4.78 is 8.06. The van der Waals surface area contributed by atoms with Gasteiger partial charge in [0, 0.05) is 22.6 Å². The predicted molar refractivity (Wildman–Crippen MR) is 111 cm³/mol. The lowest BCUT2D eigenvalue weighted by atomic mass is 10.0. The first-order valence-corrected chi connectivity index (χ1v) is 9.80.